The van der Waals surface area contributed by atoms with Gasteiger partial charge in [-0.15, -0.1) is 12.6 Å². The van der Waals surface area contributed by atoms with E-state index in [0.29, 0.717) is 20.5 Å². The number of rotatable bonds is 4. The fraction of sp³-hybridized carbons (Fsp3) is 0.667. The van der Waals surface area contributed by atoms with Crippen LogP contribution in [0.5, 0.6) is 0 Å². The molecule has 1 aromatic rings. The van der Waals surface area contributed by atoms with Crippen molar-refractivity contribution in [1.29, 1.82) is 0 Å². The molecule has 4 heteroatoms. The first-order chi connectivity index (χ1) is 7.24. The van der Waals surface area contributed by atoms with Crippen LogP contribution in [0.15, 0.2) is 9.69 Å². The summed E-state index contributed by atoms with van der Waals surface area (Å²) in [5, 5.41) is 0. The quantitative estimate of drug-likeness (QED) is 0.661. The van der Waals surface area contributed by atoms with Gasteiger partial charge in [0.25, 0.3) is 0 Å². The van der Waals surface area contributed by atoms with Gasteiger partial charge in [-0.05, 0) is 18.3 Å². The Morgan fingerprint density at radius 1 is 1.38 bits per heavy atom. The molecule has 0 aliphatic rings. The van der Waals surface area contributed by atoms with Crippen molar-refractivity contribution in [2.75, 3.05) is 18.5 Å². The topological polar surface area (TPSA) is 20.3 Å². The smallest absolute Gasteiger partial charge is 0.222 e. The molecule has 0 heterocycles. The SMILES string of the molecule is CN(CCCC(C)(C)C)c1c(S)c(=S)c1=O. The van der Waals surface area contributed by atoms with Gasteiger partial charge in [0.1, 0.15) is 10.2 Å². The van der Waals surface area contributed by atoms with Crippen molar-refractivity contribution in [3.63, 3.8) is 0 Å². The van der Waals surface area contributed by atoms with Crippen molar-refractivity contribution in [2.45, 2.75) is 38.5 Å². The fourth-order valence-corrected chi connectivity index (χ4v) is 2.25. The average Bonchev–Trinajstić information content (AvgIpc) is 2.15. The van der Waals surface area contributed by atoms with Gasteiger partial charge in [0, 0.05) is 13.6 Å². The maximum absolute atomic E-state index is 11.5. The van der Waals surface area contributed by atoms with Crippen LogP contribution < -0.4 is 10.3 Å². The van der Waals surface area contributed by atoms with Crippen LogP contribution in [0.4, 0.5) is 5.69 Å². The third-order valence-electron chi connectivity index (χ3n) is 2.66. The van der Waals surface area contributed by atoms with Crippen molar-refractivity contribution >= 4 is 30.5 Å². The van der Waals surface area contributed by atoms with E-state index in [9.17, 15) is 4.79 Å². The van der Waals surface area contributed by atoms with E-state index in [1.807, 2.05) is 11.9 Å². The molecule has 0 unspecified atom stereocenters. The van der Waals surface area contributed by atoms with Crippen LogP contribution in [0, 0.1) is 9.93 Å². The highest BCUT2D eigenvalue weighted by Gasteiger charge is 2.18. The Hall–Kier alpha value is -0.350. The maximum atomic E-state index is 11.5. The lowest BCUT2D eigenvalue weighted by Crippen LogP contribution is -2.29. The summed E-state index contributed by atoms with van der Waals surface area (Å²) in [5.74, 6) is 0. The molecule has 1 rings (SSSR count). The van der Waals surface area contributed by atoms with Crippen molar-refractivity contribution in [1.82, 2.24) is 0 Å². The summed E-state index contributed by atoms with van der Waals surface area (Å²) in [4.78, 5) is 14.1. The van der Waals surface area contributed by atoms with E-state index in [1.54, 1.807) is 0 Å². The maximum Gasteiger partial charge on any atom is 0.222 e. The van der Waals surface area contributed by atoms with E-state index in [2.05, 4.69) is 33.4 Å². The third kappa shape index (κ3) is 3.08. The summed E-state index contributed by atoms with van der Waals surface area (Å²) in [6, 6.07) is 0. The molecule has 0 N–H and O–H groups in total. The van der Waals surface area contributed by atoms with Gasteiger partial charge in [0.15, 0.2) is 0 Å². The van der Waals surface area contributed by atoms with Gasteiger partial charge in [-0.25, -0.2) is 0 Å². The summed E-state index contributed by atoms with van der Waals surface area (Å²) in [6.07, 6.45) is 2.22. The van der Waals surface area contributed by atoms with Gasteiger partial charge in [-0.1, -0.05) is 33.0 Å². The minimum absolute atomic E-state index is 0.0294. The molecule has 0 aliphatic carbocycles. The molecule has 0 spiro atoms. The lowest BCUT2D eigenvalue weighted by Gasteiger charge is -2.24. The number of hydrogen-bond donors (Lipinski definition) is 1. The van der Waals surface area contributed by atoms with Gasteiger partial charge in [0.05, 0.1) is 4.90 Å². The van der Waals surface area contributed by atoms with E-state index in [-0.39, 0.29) is 5.43 Å². The molecule has 0 bridgehead atoms. The van der Waals surface area contributed by atoms with Crippen LogP contribution in [-0.2, 0) is 0 Å². The first kappa shape index (κ1) is 13.7. The standard InChI is InChI=1S/C12H19NOS2/c1-12(2,3)6-5-7-13(4)8-9(14)11(16)10(8)15/h15H,5-7H2,1-4H3. The zero-order chi connectivity index (χ0) is 12.5. The number of thiol groups is 1. The van der Waals surface area contributed by atoms with Crippen molar-refractivity contribution < 1.29 is 0 Å². The Bertz CT molecular complexity index is 438. The minimum Gasteiger partial charge on any atom is -0.370 e. The van der Waals surface area contributed by atoms with Crippen molar-refractivity contribution in [3.05, 3.63) is 14.7 Å². The predicted octanol–water partition coefficient (Wildman–Crippen LogP) is 3.20. The Balaban J connectivity index is 2.52. The zero-order valence-corrected chi connectivity index (χ0v) is 12.0. The summed E-state index contributed by atoms with van der Waals surface area (Å²) in [6.45, 7) is 7.55. The normalized spacial score (nSPS) is 12.1. The largest absolute Gasteiger partial charge is 0.370 e. The molecule has 16 heavy (non-hydrogen) atoms. The van der Waals surface area contributed by atoms with Gasteiger partial charge in [0.2, 0.25) is 5.43 Å². The van der Waals surface area contributed by atoms with E-state index in [4.69, 9.17) is 12.2 Å². The molecule has 0 aliphatic heterocycles. The van der Waals surface area contributed by atoms with Crippen LogP contribution in [0.3, 0.4) is 0 Å². The molecule has 0 aromatic heterocycles. The zero-order valence-electron chi connectivity index (χ0n) is 10.3. The number of anilines is 1. The first-order valence-corrected chi connectivity index (χ1v) is 6.33. The fourth-order valence-electron chi connectivity index (χ4n) is 1.68. The molecule has 2 nitrogen and oxygen atoms in total. The van der Waals surface area contributed by atoms with Gasteiger partial charge >= 0.3 is 0 Å². The third-order valence-corrected chi connectivity index (χ3v) is 3.64. The van der Waals surface area contributed by atoms with Crippen LogP contribution in [0.2, 0.25) is 0 Å². The number of hydrogen-bond acceptors (Lipinski definition) is 4. The predicted molar refractivity (Wildman–Crippen MR) is 75.1 cm³/mol. The monoisotopic (exact) mass is 257 g/mol. The van der Waals surface area contributed by atoms with E-state index >= 15 is 0 Å². The summed E-state index contributed by atoms with van der Waals surface area (Å²) in [7, 11) is 1.92. The first-order valence-electron chi connectivity index (χ1n) is 5.47. The van der Waals surface area contributed by atoms with Crippen molar-refractivity contribution in [3.8, 4) is 0 Å². The second-order valence-corrected chi connectivity index (χ2v) is 6.30. The highest BCUT2D eigenvalue weighted by molar-refractivity contribution is 7.81. The Morgan fingerprint density at radius 3 is 2.38 bits per heavy atom. The molecule has 0 radical (unpaired) electrons. The molecule has 1 aromatic carbocycles. The summed E-state index contributed by atoms with van der Waals surface area (Å²) in [5.41, 5.74) is 0.998. The van der Waals surface area contributed by atoms with Crippen LogP contribution >= 0.6 is 24.8 Å². The van der Waals surface area contributed by atoms with E-state index < -0.39 is 0 Å². The van der Waals surface area contributed by atoms with Gasteiger partial charge < -0.3 is 4.90 Å². The number of nitrogens with zero attached hydrogens (tertiary/aromatic N) is 1. The Kier molecular flexibility index (Phi) is 4.18. The molecule has 0 saturated carbocycles. The molecule has 0 fully saturated rings. The summed E-state index contributed by atoms with van der Waals surface area (Å²) >= 11 is 9.11. The second-order valence-electron chi connectivity index (χ2n) is 5.44. The average molecular weight is 257 g/mol. The molecular weight excluding hydrogens is 238 g/mol. The minimum atomic E-state index is -0.0294. The Morgan fingerprint density at radius 2 is 1.94 bits per heavy atom. The Labute approximate surface area is 108 Å². The second kappa shape index (κ2) is 4.88. The van der Waals surface area contributed by atoms with Gasteiger partial charge in [-0.2, -0.15) is 0 Å². The van der Waals surface area contributed by atoms with Crippen LogP contribution in [0.25, 0.3) is 0 Å². The highest BCUT2D eigenvalue weighted by Crippen LogP contribution is 2.25. The van der Waals surface area contributed by atoms with Crippen LogP contribution in [-0.4, -0.2) is 13.6 Å². The molecule has 90 valence electrons. The van der Waals surface area contributed by atoms with E-state index in [0.717, 1.165) is 19.4 Å². The van der Waals surface area contributed by atoms with Crippen molar-refractivity contribution in [2.24, 2.45) is 5.41 Å². The highest BCUT2D eigenvalue weighted by atomic mass is 32.1. The summed E-state index contributed by atoms with van der Waals surface area (Å²) < 4.78 is 0.376. The molecule has 0 saturated heterocycles. The lowest BCUT2D eigenvalue weighted by atomic mass is 9.90. The molecular formula is C12H19NOS2. The van der Waals surface area contributed by atoms with Crippen LogP contribution in [0.1, 0.15) is 33.6 Å². The van der Waals surface area contributed by atoms with E-state index in [1.165, 1.54) is 0 Å². The molecule has 0 amide bonds. The van der Waals surface area contributed by atoms with Gasteiger partial charge in [-0.3, -0.25) is 4.79 Å². The molecule has 0 atom stereocenters. The lowest BCUT2D eigenvalue weighted by molar-refractivity contribution is 0.367.